The number of halogens is 1. The van der Waals surface area contributed by atoms with E-state index in [0.29, 0.717) is 27.6 Å². The number of carbonyl (C=O) groups is 3. The Hall–Kier alpha value is -4.50. The third-order valence-electron chi connectivity index (χ3n) is 5.17. The van der Waals surface area contributed by atoms with Crippen LogP contribution in [0.4, 0.5) is 16.2 Å². The van der Waals surface area contributed by atoms with Crippen molar-refractivity contribution in [1.29, 1.82) is 0 Å². The number of ether oxygens (including phenoxy) is 1. The molecule has 1 heterocycles. The highest BCUT2D eigenvalue weighted by atomic mass is 35.5. The van der Waals surface area contributed by atoms with Gasteiger partial charge in [0.15, 0.2) is 0 Å². The van der Waals surface area contributed by atoms with Crippen LogP contribution in [0.3, 0.4) is 0 Å². The molecule has 35 heavy (non-hydrogen) atoms. The van der Waals surface area contributed by atoms with Gasteiger partial charge in [0, 0.05) is 22.7 Å². The molecule has 10 heteroatoms. The van der Waals surface area contributed by atoms with Crippen molar-refractivity contribution in [3.8, 4) is 5.75 Å². The molecular weight excluding hydrogens is 474 g/mol. The third kappa shape index (κ3) is 5.20. The van der Waals surface area contributed by atoms with E-state index >= 15 is 0 Å². The number of anilines is 1. The monoisotopic (exact) mass is 491 g/mol. The molecule has 3 aromatic rings. The van der Waals surface area contributed by atoms with Crippen molar-refractivity contribution >= 4 is 46.9 Å². The summed E-state index contributed by atoms with van der Waals surface area (Å²) in [5, 5.41) is 13.4. The van der Waals surface area contributed by atoms with Crippen LogP contribution in [0.15, 0.2) is 72.3 Å². The lowest BCUT2D eigenvalue weighted by Gasteiger charge is -2.26. The van der Waals surface area contributed by atoms with Gasteiger partial charge in [-0.15, -0.1) is 0 Å². The van der Waals surface area contributed by atoms with Crippen LogP contribution in [0.1, 0.15) is 16.7 Å². The van der Waals surface area contributed by atoms with E-state index in [4.69, 9.17) is 16.3 Å². The zero-order valence-electron chi connectivity index (χ0n) is 18.4. The number of imide groups is 2. The average Bonchev–Trinajstić information content (AvgIpc) is 2.81. The Balaban J connectivity index is 1.64. The molecule has 1 fully saturated rings. The summed E-state index contributed by atoms with van der Waals surface area (Å²) in [6, 6.07) is 16.5. The zero-order valence-corrected chi connectivity index (χ0v) is 19.1. The van der Waals surface area contributed by atoms with Crippen molar-refractivity contribution in [1.82, 2.24) is 5.32 Å². The van der Waals surface area contributed by atoms with Crippen molar-refractivity contribution in [2.75, 3.05) is 4.90 Å². The van der Waals surface area contributed by atoms with Crippen molar-refractivity contribution in [3.63, 3.8) is 0 Å². The lowest BCUT2D eigenvalue weighted by molar-refractivity contribution is -0.384. The van der Waals surface area contributed by atoms with Gasteiger partial charge in [-0.1, -0.05) is 23.7 Å². The van der Waals surface area contributed by atoms with Gasteiger partial charge in [-0.25, -0.2) is 9.69 Å². The summed E-state index contributed by atoms with van der Waals surface area (Å²) in [7, 11) is 0. The zero-order chi connectivity index (χ0) is 25.1. The molecule has 4 amide bonds. The smallest absolute Gasteiger partial charge is 0.335 e. The van der Waals surface area contributed by atoms with Gasteiger partial charge in [0.2, 0.25) is 0 Å². The summed E-state index contributed by atoms with van der Waals surface area (Å²) in [5.41, 5.74) is 1.87. The molecule has 1 saturated heterocycles. The quantitative estimate of drug-likeness (QED) is 0.229. The van der Waals surface area contributed by atoms with Gasteiger partial charge in [0.1, 0.15) is 17.9 Å². The minimum absolute atomic E-state index is 0.0415. The second kappa shape index (κ2) is 9.78. The van der Waals surface area contributed by atoms with Crippen molar-refractivity contribution in [2.24, 2.45) is 0 Å². The van der Waals surface area contributed by atoms with Gasteiger partial charge in [-0.3, -0.25) is 25.0 Å². The van der Waals surface area contributed by atoms with E-state index in [9.17, 15) is 24.5 Å². The molecule has 0 unspecified atom stereocenters. The van der Waals surface area contributed by atoms with Crippen LogP contribution in [0, 0.1) is 17.0 Å². The van der Waals surface area contributed by atoms with Gasteiger partial charge in [-0.05, 0) is 66.6 Å². The van der Waals surface area contributed by atoms with Gasteiger partial charge in [0.05, 0.1) is 10.6 Å². The van der Waals surface area contributed by atoms with Crippen LogP contribution in [0.25, 0.3) is 6.08 Å². The number of nitrogens with one attached hydrogen (secondary N) is 1. The van der Waals surface area contributed by atoms with E-state index in [1.807, 2.05) is 13.0 Å². The molecule has 3 aromatic carbocycles. The molecule has 1 aliphatic heterocycles. The minimum atomic E-state index is -0.844. The van der Waals surface area contributed by atoms with Crippen LogP contribution < -0.4 is 15.0 Å². The van der Waals surface area contributed by atoms with E-state index in [0.717, 1.165) is 10.5 Å². The average molecular weight is 492 g/mol. The van der Waals surface area contributed by atoms with Crippen LogP contribution in [-0.4, -0.2) is 22.8 Å². The molecular formula is C25H18ClN3O6. The number of amides is 4. The molecule has 1 aliphatic rings. The maximum absolute atomic E-state index is 13.2. The highest BCUT2D eigenvalue weighted by molar-refractivity contribution is 6.39. The number of urea groups is 1. The van der Waals surface area contributed by atoms with Crippen LogP contribution in [-0.2, 0) is 16.2 Å². The molecule has 4 rings (SSSR count). The molecule has 0 radical (unpaired) electrons. The number of carbonyl (C=O) groups excluding carboxylic acids is 3. The molecule has 0 atom stereocenters. The fraction of sp³-hybridized carbons (Fsp3) is 0.0800. The normalized spacial score (nSPS) is 14.7. The SMILES string of the molecule is Cc1cccc(N2C(=O)NC(=O)/C(=C\c3cc(Cl)ccc3OCc3ccc([N+](=O)[O-])cc3)C2=O)c1. The third-order valence-corrected chi connectivity index (χ3v) is 5.41. The number of nitrogens with zero attached hydrogens (tertiary/aromatic N) is 2. The fourth-order valence-corrected chi connectivity index (χ4v) is 3.63. The van der Waals surface area contributed by atoms with Crippen molar-refractivity contribution in [2.45, 2.75) is 13.5 Å². The molecule has 0 aromatic heterocycles. The Bertz CT molecular complexity index is 1380. The molecule has 0 spiro atoms. The second-order valence-corrected chi connectivity index (χ2v) is 8.13. The van der Waals surface area contributed by atoms with Gasteiger partial charge >= 0.3 is 6.03 Å². The summed E-state index contributed by atoms with van der Waals surface area (Å²) < 4.78 is 5.84. The Labute approximate surface area is 204 Å². The molecule has 9 nitrogen and oxygen atoms in total. The molecule has 0 saturated carbocycles. The van der Waals surface area contributed by atoms with E-state index in [1.54, 1.807) is 42.5 Å². The van der Waals surface area contributed by atoms with E-state index in [-0.39, 0.29) is 17.9 Å². The number of rotatable bonds is 6. The predicted molar refractivity (Wildman–Crippen MR) is 129 cm³/mol. The number of barbiturate groups is 1. The number of hydrogen-bond acceptors (Lipinski definition) is 6. The predicted octanol–water partition coefficient (Wildman–Crippen LogP) is 4.80. The molecule has 176 valence electrons. The Kier molecular flexibility index (Phi) is 6.61. The summed E-state index contributed by atoms with van der Waals surface area (Å²) in [4.78, 5) is 49.4. The van der Waals surface area contributed by atoms with Crippen LogP contribution in [0.2, 0.25) is 5.02 Å². The number of non-ortho nitro benzene ring substituents is 1. The Morgan fingerprint density at radius 2 is 1.80 bits per heavy atom. The number of nitro benzene ring substituents is 1. The van der Waals surface area contributed by atoms with Crippen LogP contribution in [0.5, 0.6) is 5.75 Å². The minimum Gasteiger partial charge on any atom is -0.488 e. The van der Waals surface area contributed by atoms with Crippen LogP contribution >= 0.6 is 11.6 Å². The van der Waals surface area contributed by atoms with Crippen molar-refractivity contribution < 1.29 is 24.0 Å². The largest absolute Gasteiger partial charge is 0.488 e. The number of aryl methyl sites for hydroxylation is 1. The summed E-state index contributed by atoms with van der Waals surface area (Å²) in [5.74, 6) is -1.31. The van der Waals surface area contributed by atoms with E-state index in [1.165, 1.54) is 24.3 Å². The van der Waals surface area contributed by atoms with Gasteiger partial charge in [-0.2, -0.15) is 0 Å². The molecule has 1 N–H and O–H groups in total. The summed E-state index contributed by atoms with van der Waals surface area (Å²) in [6.45, 7) is 1.89. The standard InChI is InChI=1S/C25H18ClN3O6/c1-15-3-2-4-20(11-15)28-24(31)21(23(30)27-25(28)32)13-17-12-18(26)7-10-22(17)35-14-16-5-8-19(9-6-16)29(33)34/h2-13H,14H2,1H3,(H,27,30,32)/b21-13+. The fourth-order valence-electron chi connectivity index (χ4n) is 3.45. The maximum atomic E-state index is 13.2. The first-order valence-corrected chi connectivity index (χ1v) is 10.7. The van der Waals surface area contributed by atoms with Gasteiger partial charge < -0.3 is 4.74 Å². The summed E-state index contributed by atoms with van der Waals surface area (Å²) >= 11 is 6.14. The molecule has 0 aliphatic carbocycles. The van der Waals surface area contributed by atoms with Crippen molar-refractivity contribution in [3.05, 3.63) is 104 Å². The van der Waals surface area contributed by atoms with Gasteiger partial charge in [0.25, 0.3) is 17.5 Å². The first kappa shape index (κ1) is 23.7. The van der Waals surface area contributed by atoms with E-state index < -0.39 is 22.8 Å². The summed E-state index contributed by atoms with van der Waals surface area (Å²) in [6.07, 6.45) is 1.31. The first-order valence-electron chi connectivity index (χ1n) is 10.4. The number of nitro groups is 1. The maximum Gasteiger partial charge on any atom is 0.335 e. The number of benzene rings is 3. The highest BCUT2D eigenvalue weighted by Crippen LogP contribution is 2.29. The Morgan fingerprint density at radius 1 is 1.06 bits per heavy atom. The topological polar surface area (TPSA) is 119 Å². The number of hydrogen-bond donors (Lipinski definition) is 1. The van der Waals surface area contributed by atoms with E-state index in [2.05, 4.69) is 5.32 Å². The Morgan fingerprint density at radius 3 is 2.49 bits per heavy atom. The first-order chi connectivity index (χ1) is 16.7. The lowest BCUT2D eigenvalue weighted by Crippen LogP contribution is -2.54. The lowest BCUT2D eigenvalue weighted by atomic mass is 10.1. The molecule has 0 bridgehead atoms. The highest BCUT2D eigenvalue weighted by Gasteiger charge is 2.37. The second-order valence-electron chi connectivity index (χ2n) is 7.69.